The molecule has 0 atom stereocenters. The summed E-state index contributed by atoms with van der Waals surface area (Å²) in [6, 6.07) is 3.42. The molecule has 0 aliphatic carbocycles. The number of hydrogen-bond donors (Lipinski definition) is 1. The lowest BCUT2D eigenvalue weighted by Gasteiger charge is -2.25. The molecule has 0 fully saturated rings. The van der Waals surface area contributed by atoms with E-state index in [1.807, 2.05) is 41.5 Å². The van der Waals surface area contributed by atoms with E-state index in [1.54, 1.807) is 18.2 Å². The summed E-state index contributed by atoms with van der Waals surface area (Å²) in [5.74, 6) is 0.427. The highest BCUT2D eigenvalue weighted by Gasteiger charge is 2.28. The van der Waals surface area contributed by atoms with Crippen LogP contribution >= 0.6 is 0 Å². The van der Waals surface area contributed by atoms with Crippen LogP contribution in [0.3, 0.4) is 0 Å². The summed E-state index contributed by atoms with van der Waals surface area (Å²) in [4.78, 5) is 12.2. The van der Waals surface area contributed by atoms with Gasteiger partial charge in [0, 0.05) is 11.1 Å². The highest BCUT2D eigenvalue weighted by atomic mass is 16.5. The Balaban J connectivity index is 3.35. The summed E-state index contributed by atoms with van der Waals surface area (Å²) < 4.78 is 5.59. The van der Waals surface area contributed by atoms with Crippen molar-refractivity contribution in [2.24, 2.45) is 5.41 Å². The average molecular weight is 290 g/mol. The molecule has 0 unspecified atom stereocenters. The van der Waals surface area contributed by atoms with Crippen molar-refractivity contribution in [3.8, 4) is 11.5 Å². The molecule has 0 aliphatic heterocycles. The molecule has 1 aromatic carbocycles. The molecule has 0 saturated heterocycles. The zero-order chi connectivity index (χ0) is 16.4. The molecular weight excluding hydrogens is 264 g/mol. The Kier molecular flexibility index (Phi) is 4.87. The maximum absolute atomic E-state index is 12.2. The number of allylic oxidation sites excluding steroid dienone is 1. The number of rotatable bonds is 3. The first-order valence-corrected chi connectivity index (χ1v) is 7.16. The fourth-order valence-corrected chi connectivity index (χ4v) is 1.85. The first-order chi connectivity index (χ1) is 9.46. The standard InChI is InChI=1S/C18H26O3/c1-8-9-12-10-15(21-16(20)18(5,6)7)13(11-14(12)19)17(2,3)4/h8,10-11,19H,1,9H2,2-7H3. The number of carbonyl (C=O) groups excluding carboxylic acids is 1. The van der Waals surface area contributed by atoms with Crippen molar-refractivity contribution in [1.82, 2.24) is 0 Å². The lowest BCUT2D eigenvalue weighted by atomic mass is 9.85. The second kappa shape index (κ2) is 5.92. The molecule has 0 aromatic heterocycles. The van der Waals surface area contributed by atoms with Crippen LogP contribution in [0.4, 0.5) is 0 Å². The summed E-state index contributed by atoms with van der Waals surface area (Å²) in [5.41, 5.74) is 0.698. The Bertz CT molecular complexity index is 543. The van der Waals surface area contributed by atoms with Gasteiger partial charge in [0.05, 0.1) is 5.41 Å². The van der Waals surface area contributed by atoms with Crippen LogP contribution < -0.4 is 4.74 Å². The molecule has 0 amide bonds. The van der Waals surface area contributed by atoms with Crippen molar-refractivity contribution in [3.05, 3.63) is 35.9 Å². The minimum absolute atomic E-state index is 0.204. The molecule has 0 bridgehead atoms. The van der Waals surface area contributed by atoms with Gasteiger partial charge in [0.25, 0.3) is 0 Å². The summed E-state index contributed by atoms with van der Waals surface area (Å²) in [5, 5.41) is 10.1. The number of benzene rings is 1. The molecule has 116 valence electrons. The van der Waals surface area contributed by atoms with Crippen molar-refractivity contribution in [2.75, 3.05) is 0 Å². The van der Waals surface area contributed by atoms with Gasteiger partial charge < -0.3 is 9.84 Å². The second-order valence-electron chi connectivity index (χ2n) is 7.36. The minimum Gasteiger partial charge on any atom is -0.508 e. The Morgan fingerprint density at radius 1 is 1.24 bits per heavy atom. The molecule has 0 heterocycles. The lowest BCUT2D eigenvalue weighted by molar-refractivity contribution is -0.143. The number of carbonyl (C=O) groups is 1. The molecule has 0 radical (unpaired) electrons. The Labute approximate surface area is 127 Å². The predicted octanol–water partition coefficient (Wildman–Crippen LogP) is 4.37. The quantitative estimate of drug-likeness (QED) is 0.511. The Morgan fingerprint density at radius 2 is 1.81 bits per heavy atom. The van der Waals surface area contributed by atoms with Crippen molar-refractivity contribution in [2.45, 2.75) is 53.4 Å². The van der Waals surface area contributed by atoms with Gasteiger partial charge >= 0.3 is 5.97 Å². The fourth-order valence-electron chi connectivity index (χ4n) is 1.85. The zero-order valence-corrected chi connectivity index (χ0v) is 13.9. The van der Waals surface area contributed by atoms with E-state index in [4.69, 9.17) is 4.74 Å². The molecule has 0 aliphatic rings. The van der Waals surface area contributed by atoms with Gasteiger partial charge in [-0.25, -0.2) is 0 Å². The van der Waals surface area contributed by atoms with Crippen LogP contribution in [-0.4, -0.2) is 11.1 Å². The van der Waals surface area contributed by atoms with Crippen LogP contribution in [-0.2, 0) is 16.6 Å². The first-order valence-electron chi connectivity index (χ1n) is 7.16. The summed E-state index contributed by atoms with van der Waals surface area (Å²) in [7, 11) is 0. The van der Waals surface area contributed by atoms with Gasteiger partial charge in [-0.2, -0.15) is 0 Å². The molecule has 3 heteroatoms. The predicted molar refractivity (Wildman–Crippen MR) is 85.8 cm³/mol. The van der Waals surface area contributed by atoms with Gasteiger partial charge in [0.1, 0.15) is 11.5 Å². The smallest absolute Gasteiger partial charge is 0.316 e. The molecule has 1 aromatic rings. The van der Waals surface area contributed by atoms with Crippen LogP contribution in [0.15, 0.2) is 24.8 Å². The zero-order valence-electron chi connectivity index (χ0n) is 13.9. The van der Waals surface area contributed by atoms with Gasteiger partial charge in [-0.1, -0.05) is 26.8 Å². The van der Waals surface area contributed by atoms with E-state index in [-0.39, 0.29) is 17.1 Å². The van der Waals surface area contributed by atoms with Crippen molar-refractivity contribution < 1.29 is 14.6 Å². The second-order valence-corrected chi connectivity index (χ2v) is 7.36. The van der Waals surface area contributed by atoms with Crippen molar-refractivity contribution >= 4 is 5.97 Å². The molecule has 0 spiro atoms. The highest BCUT2D eigenvalue weighted by Crippen LogP contribution is 2.37. The largest absolute Gasteiger partial charge is 0.508 e. The van der Waals surface area contributed by atoms with Crippen molar-refractivity contribution in [3.63, 3.8) is 0 Å². The Morgan fingerprint density at radius 3 is 2.24 bits per heavy atom. The maximum atomic E-state index is 12.2. The van der Waals surface area contributed by atoms with Crippen LogP contribution in [0.5, 0.6) is 11.5 Å². The van der Waals surface area contributed by atoms with Gasteiger partial charge in [0.2, 0.25) is 0 Å². The monoisotopic (exact) mass is 290 g/mol. The van der Waals surface area contributed by atoms with E-state index in [0.717, 1.165) is 5.56 Å². The van der Waals surface area contributed by atoms with E-state index >= 15 is 0 Å². The summed E-state index contributed by atoms with van der Waals surface area (Å²) in [6.07, 6.45) is 2.23. The number of esters is 1. The molecular formula is C18H26O3. The van der Waals surface area contributed by atoms with Gasteiger partial charge in [0.15, 0.2) is 0 Å². The maximum Gasteiger partial charge on any atom is 0.316 e. The molecule has 21 heavy (non-hydrogen) atoms. The van der Waals surface area contributed by atoms with E-state index in [2.05, 4.69) is 6.58 Å². The van der Waals surface area contributed by atoms with Gasteiger partial charge in [-0.15, -0.1) is 6.58 Å². The van der Waals surface area contributed by atoms with E-state index < -0.39 is 5.41 Å². The van der Waals surface area contributed by atoms with Crippen LogP contribution in [0, 0.1) is 5.41 Å². The van der Waals surface area contributed by atoms with Gasteiger partial charge in [-0.05, 0) is 44.7 Å². The molecule has 1 rings (SSSR count). The third kappa shape index (κ3) is 4.35. The highest BCUT2D eigenvalue weighted by molar-refractivity contribution is 5.78. The number of aromatic hydroxyl groups is 1. The first kappa shape index (κ1) is 17.3. The number of ether oxygens (including phenoxy) is 1. The SMILES string of the molecule is C=CCc1cc(OC(=O)C(C)(C)C)c(C(C)(C)C)cc1O. The summed E-state index contributed by atoms with van der Waals surface area (Å²) in [6.45, 7) is 15.2. The third-order valence-corrected chi connectivity index (χ3v) is 3.17. The third-order valence-electron chi connectivity index (χ3n) is 3.17. The fraction of sp³-hybridized carbons (Fsp3) is 0.500. The minimum atomic E-state index is -0.578. The van der Waals surface area contributed by atoms with E-state index in [1.165, 1.54) is 0 Å². The molecule has 0 saturated carbocycles. The topological polar surface area (TPSA) is 46.5 Å². The summed E-state index contributed by atoms with van der Waals surface area (Å²) >= 11 is 0. The van der Waals surface area contributed by atoms with Crippen LogP contribution in [0.1, 0.15) is 52.7 Å². The van der Waals surface area contributed by atoms with Crippen molar-refractivity contribution in [1.29, 1.82) is 0 Å². The van der Waals surface area contributed by atoms with Crippen LogP contribution in [0.2, 0.25) is 0 Å². The van der Waals surface area contributed by atoms with Gasteiger partial charge in [-0.3, -0.25) is 4.79 Å². The molecule has 3 nitrogen and oxygen atoms in total. The number of phenolic OH excluding ortho intramolecular Hbond substituents is 1. The number of phenols is 1. The van der Waals surface area contributed by atoms with E-state index in [0.29, 0.717) is 17.7 Å². The number of hydrogen-bond acceptors (Lipinski definition) is 3. The Hall–Kier alpha value is -1.77. The van der Waals surface area contributed by atoms with Crippen LogP contribution in [0.25, 0.3) is 0 Å². The van der Waals surface area contributed by atoms with E-state index in [9.17, 15) is 9.90 Å². The molecule has 1 N–H and O–H groups in total. The average Bonchev–Trinajstić information content (AvgIpc) is 2.30. The normalized spacial score (nSPS) is 12.1. The lowest BCUT2D eigenvalue weighted by Crippen LogP contribution is -2.27.